The van der Waals surface area contributed by atoms with Gasteiger partial charge in [-0.15, -0.1) is 36.2 Å². The fourth-order valence-corrected chi connectivity index (χ4v) is 4.35. The molecule has 1 aromatic rings. The third-order valence-electron chi connectivity index (χ3n) is 4.41. The molecule has 4 nitrogen and oxygen atoms in total. The molecular weight excluding hydrogens is 353 g/mol. The number of amides is 1. The van der Waals surface area contributed by atoms with Gasteiger partial charge in [-0.25, -0.2) is 4.98 Å². The highest BCUT2D eigenvalue weighted by Gasteiger charge is 2.32. The smallest absolute Gasteiger partial charge is 0.265 e. The van der Waals surface area contributed by atoms with Crippen molar-refractivity contribution < 1.29 is 4.79 Å². The van der Waals surface area contributed by atoms with Crippen molar-refractivity contribution in [1.29, 1.82) is 0 Å². The molecule has 1 N–H and O–H groups in total. The second-order valence-electron chi connectivity index (χ2n) is 6.78. The van der Waals surface area contributed by atoms with E-state index in [1.54, 1.807) is 11.3 Å². The molecule has 0 spiro atoms. The van der Waals surface area contributed by atoms with Gasteiger partial charge >= 0.3 is 0 Å². The number of rotatable bonds is 3. The van der Waals surface area contributed by atoms with Gasteiger partial charge in [0.05, 0.1) is 10.7 Å². The average Bonchev–Trinajstić information content (AvgIpc) is 2.91. The summed E-state index contributed by atoms with van der Waals surface area (Å²) >= 11 is 1.56. The Hall–Kier alpha value is -0.360. The summed E-state index contributed by atoms with van der Waals surface area (Å²) in [4.78, 5) is 20.4. The summed E-state index contributed by atoms with van der Waals surface area (Å²) in [5, 5.41) is 4.64. The molecule has 2 aliphatic rings. The molecule has 2 saturated heterocycles. The summed E-state index contributed by atoms with van der Waals surface area (Å²) in [6.45, 7) is 8.09. The third-order valence-corrected chi connectivity index (χ3v) is 5.41. The molecule has 7 heteroatoms. The number of likely N-dealkylation sites (tertiary alicyclic amines) is 1. The molecule has 0 aliphatic carbocycles. The van der Waals surface area contributed by atoms with Crippen LogP contribution < -0.4 is 5.32 Å². The number of aromatic nitrogens is 1. The Morgan fingerprint density at radius 2 is 2.00 bits per heavy atom. The van der Waals surface area contributed by atoms with E-state index in [2.05, 4.69) is 24.1 Å². The van der Waals surface area contributed by atoms with E-state index in [1.807, 2.05) is 11.8 Å². The molecule has 2 atom stereocenters. The van der Waals surface area contributed by atoms with E-state index in [0.717, 1.165) is 41.5 Å². The van der Waals surface area contributed by atoms with Crippen molar-refractivity contribution in [2.45, 2.75) is 58.5 Å². The Bertz CT molecular complexity index is 535. The Balaban J connectivity index is 0.00000132. The number of carbonyl (C=O) groups is 1. The van der Waals surface area contributed by atoms with E-state index in [1.165, 1.54) is 12.8 Å². The van der Waals surface area contributed by atoms with Crippen LogP contribution >= 0.6 is 36.2 Å². The first kappa shape index (κ1) is 20.7. The minimum absolute atomic E-state index is 0. The molecule has 3 heterocycles. The van der Waals surface area contributed by atoms with Crippen LogP contribution in [0, 0.1) is 12.8 Å². The zero-order chi connectivity index (χ0) is 15.0. The van der Waals surface area contributed by atoms with Gasteiger partial charge in [0.1, 0.15) is 4.88 Å². The molecule has 0 saturated carbocycles. The van der Waals surface area contributed by atoms with E-state index in [0.29, 0.717) is 18.0 Å². The minimum atomic E-state index is 0. The SMILES string of the molecule is Cc1nc(CC(C)C)c(C(=O)N2CCC3CCC(C2)N3)s1.Cl.Cl. The normalized spacial score (nSPS) is 23.2. The number of nitrogens with zero attached hydrogens (tertiary/aromatic N) is 2. The fraction of sp³-hybridized carbons (Fsp3) is 0.750. The third kappa shape index (κ3) is 4.81. The van der Waals surface area contributed by atoms with Gasteiger partial charge in [0.25, 0.3) is 5.91 Å². The summed E-state index contributed by atoms with van der Waals surface area (Å²) in [5.74, 6) is 0.727. The second-order valence-corrected chi connectivity index (χ2v) is 7.99. The van der Waals surface area contributed by atoms with E-state index in [-0.39, 0.29) is 30.7 Å². The molecule has 1 amide bonds. The van der Waals surface area contributed by atoms with E-state index >= 15 is 0 Å². The van der Waals surface area contributed by atoms with Crippen LogP contribution in [0.4, 0.5) is 0 Å². The van der Waals surface area contributed by atoms with Crippen LogP contribution in [-0.2, 0) is 6.42 Å². The number of hydrogen-bond acceptors (Lipinski definition) is 4. The zero-order valence-corrected chi connectivity index (χ0v) is 16.5. The van der Waals surface area contributed by atoms with Gasteiger partial charge in [-0.3, -0.25) is 4.79 Å². The van der Waals surface area contributed by atoms with Crippen LogP contribution in [0.5, 0.6) is 0 Å². The number of nitrogens with one attached hydrogen (secondary N) is 1. The maximum absolute atomic E-state index is 12.9. The molecule has 132 valence electrons. The van der Waals surface area contributed by atoms with Crippen molar-refractivity contribution in [3.05, 3.63) is 15.6 Å². The van der Waals surface area contributed by atoms with Crippen LogP contribution in [0.1, 0.15) is 53.5 Å². The van der Waals surface area contributed by atoms with Crippen LogP contribution in [0.3, 0.4) is 0 Å². The monoisotopic (exact) mass is 379 g/mol. The number of aryl methyl sites for hydroxylation is 1. The van der Waals surface area contributed by atoms with Crippen molar-refractivity contribution in [1.82, 2.24) is 15.2 Å². The highest BCUT2D eigenvalue weighted by atomic mass is 35.5. The summed E-state index contributed by atoms with van der Waals surface area (Å²) in [7, 11) is 0. The molecule has 1 aromatic heterocycles. The van der Waals surface area contributed by atoms with Crippen LogP contribution in [-0.4, -0.2) is 41.0 Å². The second kappa shape index (κ2) is 8.65. The lowest BCUT2D eigenvalue weighted by Crippen LogP contribution is -2.39. The molecule has 23 heavy (non-hydrogen) atoms. The number of fused-ring (bicyclic) bond motifs is 2. The first-order valence-electron chi connectivity index (χ1n) is 8.04. The number of hydrogen-bond donors (Lipinski definition) is 1. The Morgan fingerprint density at radius 3 is 2.70 bits per heavy atom. The van der Waals surface area contributed by atoms with Crippen molar-refractivity contribution in [2.75, 3.05) is 13.1 Å². The fourth-order valence-electron chi connectivity index (χ4n) is 3.43. The van der Waals surface area contributed by atoms with Gasteiger partial charge < -0.3 is 10.2 Å². The summed E-state index contributed by atoms with van der Waals surface area (Å²) in [6, 6.07) is 1.11. The average molecular weight is 380 g/mol. The summed E-state index contributed by atoms with van der Waals surface area (Å²) in [5.41, 5.74) is 1.000. The molecule has 2 aliphatic heterocycles. The Labute approximate surface area is 155 Å². The Kier molecular flexibility index (Phi) is 7.78. The van der Waals surface area contributed by atoms with Gasteiger partial charge in [-0.2, -0.15) is 0 Å². The van der Waals surface area contributed by atoms with Crippen molar-refractivity contribution in [3.63, 3.8) is 0 Å². The van der Waals surface area contributed by atoms with Crippen molar-refractivity contribution >= 4 is 42.1 Å². The standard InChI is InChI=1S/C16H25N3OS.2ClH/c1-10(2)8-14-15(21-11(3)17-14)16(20)19-7-6-12-4-5-13(9-19)18-12;;/h10,12-13,18H,4-9H2,1-3H3;2*1H. The first-order valence-corrected chi connectivity index (χ1v) is 8.86. The summed E-state index contributed by atoms with van der Waals surface area (Å²) in [6.07, 6.45) is 4.45. The molecular formula is C16H27Cl2N3OS. The van der Waals surface area contributed by atoms with Crippen molar-refractivity contribution in [3.8, 4) is 0 Å². The maximum Gasteiger partial charge on any atom is 0.265 e. The first-order chi connectivity index (χ1) is 10.0. The van der Waals surface area contributed by atoms with E-state index < -0.39 is 0 Å². The zero-order valence-electron chi connectivity index (χ0n) is 14.0. The lowest BCUT2D eigenvalue weighted by Gasteiger charge is -2.24. The van der Waals surface area contributed by atoms with Gasteiger partial charge in [0.15, 0.2) is 0 Å². The molecule has 0 radical (unpaired) electrons. The molecule has 0 aromatic carbocycles. The molecule has 2 fully saturated rings. The van der Waals surface area contributed by atoms with Crippen LogP contribution in [0.15, 0.2) is 0 Å². The van der Waals surface area contributed by atoms with Crippen LogP contribution in [0.2, 0.25) is 0 Å². The van der Waals surface area contributed by atoms with Crippen LogP contribution in [0.25, 0.3) is 0 Å². The minimum Gasteiger partial charge on any atom is -0.336 e. The van der Waals surface area contributed by atoms with E-state index in [9.17, 15) is 4.79 Å². The lowest BCUT2D eigenvalue weighted by atomic mass is 10.1. The highest BCUT2D eigenvalue weighted by Crippen LogP contribution is 2.26. The topological polar surface area (TPSA) is 45.2 Å². The van der Waals surface area contributed by atoms with Gasteiger partial charge in [0, 0.05) is 25.2 Å². The Morgan fingerprint density at radius 1 is 1.30 bits per heavy atom. The van der Waals surface area contributed by atoms with Gasteiger partial charge in [0.2, 0.25) is 0 Å². The number of halogens is 2. The van der Waals surface area contributed by atoms with Gasteiger partial charge in [-0.05, 0) is 38.5 Å². The van der Waals surface area contributed by atoms with Crippen molar-refractivity contribution in [2.24, 2.45) is 5.92 Å². The molecule has 3 rings (SSSR count). The predicted molar refractivity (Wildman–Crippen MR) is 100 cm³/mol. The lowest BCUT2D eigenvalue weighted by molar-refractivity contribution is 0.0751. The predicted octanol–water partition coefficient (Wildman–Crippen LogP) is 3.46. The van der Waals surface area contributed by atoms with Gasteiger partial charge in [-0.1, -0.05) is 13.8 Å². The largest absolute Gasteiger partial charge is 0.336 e. The van der Waals surface area contributed by atoms with E-state index in [4.69, 9.17) is 0 Å². The quantitative estimate of drug-likeness (QED) is 0.874. The summed E-state index contributed by atoms with van der Waals surface area (Å²) < 4.78 is 0. The molecule has 2 unspecified atom stereocenters. The maximum atomic E-state index is 12.9. The highest BCUT2D eigenvalue weighted by molar-refractivity contribution is 7.13. The number of thiazole rings is 1. The molecule has 2 bridgehead atoms. The number of carbonyl (C=O) groups excluding carboxylic acids is 1.